The molecule has 0 spiro atoms. The monoisotopic (exact) mass is 467 g/mol. The molecule has 2 aromatic rings. The number of alkyl carbamates (subject to hydrolysis) is 1. The zero-order chi connectivity index (χ0) is 24.8. The van der Waals surface area contributed by atoms with E-state index >= 15 is 0 Å². The summed E-state index contributed by atoms with van der Waals surface area (Å²) in [6.45, 7) is 3.66. The van der Waals surface area contributed by atoms with E-state index in [1.165, 1.54) is 0 Å². The van der Waals surface area contributed by atoms with Crippen molar-refractivity contribution in [3.63, 3.8) is 0 Å². The lowest BCUT2D eigenvalue weighted by Gasteiger charge is -2.25. The molecule has 0 heterocycles. The van der Waals surface area contributed by atoms with Crippen LogP contribution in [0.2, 0.25) is 0 Å². The molecule has 0 saturated heterocycles. The Balaban J connectivity index is 1.68. The zero-order valence-corrected chi connectivity index (χ0v) is 19.1. The molecule has 9 heteroatoms. The maximum absolute atomic E-state index is 12.8. The molecule has 5 N–H and O–H groups in total. The lowest BCUT2D eigenvalue weighted by Crippen LogP contribution is -2.54. The fraction of sp³-hybridized carbons (Fsp3) is 0.360. The molecular weight excluding hydrogens is 438 g/mol. The first-order chi connectivity index (χ1) is 16.2. The van der Waals surface area contributed by atoms with Crippen LogP contribution in [-0.4, -0.2) is 47.7 Å². The van der Waals surface area contributed by atoms with Gasteiger partial charge >= 0.3 is 12.1 Å². The van der Waals surface area contributed by atoms with Gasteiger partial charge < -0.3 is 26.2 Å². The van der Waals surface area contributed by atoms with Crippen LogP contribution in [0.5, 0.6) is 0 Å². The van der Waals surface area contributed by atoms with Gasteiger partial charge in [0.2, 0.25) is 11.8 Å². The highest BCUT2D eigenvalue weighted by atomic mass is 16.5. The van der Waals surface area contributed by atoms with Crippen LogP contribution in [0.25, 0.3) is 11.1 Å². The van der Waals surface area contributed by atoms with Gasteiger partial charge in [0.1, 0.15) is 18.7 Å². The number of benzene rings is 2. The van der Waals surface area contributed by atoms with Crippen LogP contribution in [-0.2, 0) is 19.1 Å². The van der Waals surface area contributed by atoms with Crippen LogP contribution in [0.3, 0.4) is 0 Å². The van der Waals surface area contributed by atoms with E-state index in [4.69, 9.17) is 10.5 Å². The number of carbonyl (C=O) groups is 4. The van der Waals surface area contributed by atoms with Gasteiger partial charge in [-0.25, -0.2) is 9.59 Å². The first-order valence-corrected chi connectivity index (χ1v) is 11.2. The van der Waals surface area contributed by atoms with Gasteiger partial charge in [-0.2, -0.15) is 0 Å². The van der Waals surface area contributed by atoms with Crippen molar-refractivity contribution in [2.24, 2.45) is 11.7 Å². The average molecular weight is 468 g/mol. The van der Waals surface area contributed by atoms with Crippen molar-refractivity contribution in [1.82, 2.24) is 10.6 Å². The number of hydrogen-bond donors (Lipinski definition) is 4. The summed E-state index contributed by atoms with van der Waals surface area (Å²) in [4.78, 5) is 47.9. The van der Waals surface area contributed by atoms with Crippen LogP contribution < -0.4 is 16.4 Å². The van der Waals surface area contributed by atoms with E-state index in [2.05, 4.69) is 10.6 Å². The Morgan fingerprint density at radius 1 is 1.00 bits per heavy atom. The van der Waals surface area contributed by atoms with Crippen LogP contribution in [0, 0.1) is 5.92 Å². The third-order valence-electron chi connectivity index (χ3n) is 6.13. The van der Waals surface area contributed by atoms with Gasteiger partial charge in [-0.15, -0.1) is 0 Å². The van der Waals surface area contributed by atoms with Gasteiger partial charge in [0.25, 0.3) is 0 Å². The highest BCUT2D eigenvalue weighted by Gasteiger charge is 2.32. The number of carbonyl (C=O) groups excluding carboxylic acids is 3. The fourth-order valence-electron chi connectivity index (χ4n) is 4.13. The summed E-state index contributed by atoms with van der Waals surface area (Å²) in [5.41, 5.74) is 9.38. The van der Waals surface area contributed by atoms with E-state index in [1.54, 1.807) is 6.92 Å². The minimum absolute atomic E-state index is 0.0775. The number of amides is 3. The van der Waals surface area contributed by atoms with Crippen molar-refractivity contribution in [2.75, 3.05) is 6.61 Å². The molecule has 3 atom stereocenters. The van der Waals surface area contributed by atoms with E-state index in [0.29, 0.717) is 6.42 Å². The van der Waals surface area contributed by atoms with Gasteiger partial charge in [-0.1, -0.05) is 68.8 Å². The van der Waals surface area contributed by atoms with Crippen LogP contribution in [0.1, 0.15) is 43.7 Å². The molecule has 3 amide bonds. The van der Waals surface area contributed by atoms with E-state index in [0.717, 1.165) is 22.3 Å². The Bertz CT molecular complexity index is 1040. The molecule has 0 radical (unpaired) electrons. The molecule has 1 aliphatic rings. The van der Waals surface area contributed by atoms with Gasteiger partial charge in [-0.05, 0) is 28.2 Å². The molecule has 0 fully saturated rings. The van der Waals surface area contributed by atoms with Crippen molar-refractivity contribution in [3.05, 3.63) is 59.7 Å². The SMILES string of the molecule is CCC(C)C(NC(=O)OCC1c2ccccc2-c2ccccc21)C(=O)NC(CC(N)=O)C(=O)O. The molecule has 3 unspecified atom stereocenters. The van der Waals surface area contributed by atoms with Crippen molar-refractivity contribution in [3.8, 4) is 11.1 Å². The second-order valence-corrected chi connectivity index (χ2v) is 8.40. The number of ether oxygens (including phenoxy) is 1. The number of fused-ring (bicyclic) bond motifs is 3. The fourth-order valence-corrected chi connectivity index (χ4v) is 4.13. The molecule has 2 aromatic carbocycles. The topological polar surface area (TPSA) is 148 Å². The molecule has 180 valence electrons. The number of nitrogens with two attached hydrogens (primary N) is 1. The third kappa shape index (κ3) is 5.54. The quantitative estimate of drug-likeness (QED) is 0.422. The van der Waals surface area contributed by atoms with Crippen LogP contribution in [0.15, 0.2) is 48.5 Å². The molecule has 0 bridgehead atoms. The number of rotatable bonds is 10. The largest absolute Gasteiger partial charge is 0.480 e. The Morgan fingerprint density at radius 2 is 1.56 bits per heavy atom. The second-order valence-electron chi connectivity index (χ2n) is 8.40. The van der Waals surface area contributed by atoms with Crippen LogP contribution >= 0.6 is 0 Å². The first-order valence-electron chi connectivity index (χ1n) is 11.2. The van der Waals surface area contributed by atoms with Crippen molar-refractivity contribution in [2.45, 2.75) is 44.7 Å². The number of nitrogens with one attached hydrogen (secondary N) is 2. The Labute approximate surface area is 197 Å². The van der Waals surface area contributed by atoms with Crippen LogP contribution in [0.4, 0.5) is 4.79 Å². The summed E-state index contributed by atoms with van der Waals surface area (Å²) in [7, 11) is 0. The molecule has 3 rings (SSSR count). The minimum atomic E-state index is -1.49. The van der Waals surface area contributed by atoms with Crippen molar-refractivity contribution >= 4 is 23.9 Å². The van der Waals surface area contributed by atoms with E-state index in [-0.39, 0.29) is 18.4 Å². The van der Waals surface area contributed by atoms with Gasteiger partial charge in [0.05, 0.1) is 6.42 Å². The number of carboxylic acid groups (broad SMARTS) is 1. The second kappa shape index (κ2) is 10.8. The Hall–Kier alpha value is -3.88. The first kappa shape index (κ1) is 24.8. The summed E-state index contributed by atoms with van der Waals surface area (Å²) >= 11 is 0. The maximum atomic E-state index is 12.8. The molecule has 0 aliphatic heterocycles. The Kier molecular flexibility index (Phi) is 7.88. The number of primary amides is 1. The highest BCUT2D eigenvalue weighted by Crippen LogP contribution is 2.44. The van der Waals surface area contributed by atoms with Gasteiger partial charge in [0, 0.05) is 5.92 Å². The molecule has 0 saturated carbocycles. The predicted molar refractivity (Wildman–Crippen MR) is 125 cm³/mol. The molecule has 9 nitrogen and oxygen atoms in total. The van der Waals surface area contributed by atoms with E-state index in [1.807, 2.05) is 55.5 Å². The van der Waals surface area contributed by atoms with Gasteiger partial charge in [0.15, 0.2) is 0 Å². The third-order valence-corrected chi connectivity index (χ3v) is 6.13. The zero-order valence-electron chi connectivity index (χ0n) is 19.1. The standard InChI is InChI=1S/C25H29N3O6/c1-3-14(2)22(23(30)27-20(24(31)32)12-21(26)29)28-25(33)34-13-19-17-10-6-4-8-15(17)16-9-5-7-11-18(16)19/h4-11,14,19-20,22H,3,12-13H2,1-2H3,(H2,26,29)(H,27,30)(H,28,33)(H,31,32). The lowest BCUT2D eigenvalue weighted by molar-refractivity contribution is -0.143. The smallest absolute Gasteiger partial charge is 0.407 e. The number of carboxylic acids is 1. The normalized spacial score (nSPS) is 14.8. The summed E-state index contributed by atoms with van der Waals surface area (Å²) in [6.07, 6.45) is -0.807. The predicted octanol–water partition coefficient (Wildman–Crippen LogP) is 2.38. The highest BCUT2D eigenvalue weighted by molar-refractivity contribution is 5.91. The number of aliphatic carboxylic acids is 1. The van der Waals surface area contributed by atoms with E-state index in [9.17, 15) is 24.3 Å². The maximum Gasteiger partial charge on any atom is 0.407 e. The minimum Gasteiger partial charge on any atom is -0.480 e. The summed E-state index contributed by atoms with van der Waals surface area (Å²) in [5.74, 6) is -3.44. The van der Waals surface area contributed by atoms with Crippen molar-refractivity contribution in [1.29, 1.82) is 0 Å². The van der Waals surface area contributed by atoms with Crippen molar-refractivity contribution < 1.29 is 29.0 Å². The lowest BCUT2D eigenvalue weighted by atomic mass is 9.97. The summed E-state index contributed by atoms with van der Waals surface area (Å²) < 4.78 is 5.51. The number of hydrogen-bond acceptors (Lipinski definition) is 5. The summed E-state index contributed by atoms with van der Waals surface area (Å²) in [5, 5.41) is 14.1. The van der Waals surface area contributed by atoms with Gasteiger partial charge in [-0.3, -0.25) is 9.59 Å². The molecule has 34 heavy (non-hydrogen) atoms. The van der Waals surface area contributed by atoms with E-state index < -0.39 is 42.4 Å². The Morgan fingerprint density at radius 3 is 2.06 bits per heavy atom. The molecule has 0 aromatic heterocycles. The molecular formula is C25H29N3O6. The molecule has 1 aliphatic carbocycles. The summed E-state index contributed by atoms with van der Waals surface area (Å²) in [6, 6.07) is 13.3. The average Bonchev–Trinajstić information content (AvgIpc) is 3.13.